The van der Waals surface area contributed by atoms with Gasteiger partial charge >= 0.3 is 0 Å². The van der Waals surface area contributed by atoms with Crippen LogP contribution in [0, 0.1) is 6.42 Å². The third-order valence-corrected chi connectivity index (χ3v) is 0.996. The molecule has 0 atom stereocenters. The van der Waals surface area contributed by atoms with E-state index < -0.39 is 0 Å². The molecule has 47 valence electrons. The molecule has 1 heteroatoms. The Kier molecular flexibility index (Phi) is 2.13. The number of hydrogen-bond donors (Lipinski definition) is 0. The van der Waals surface area contributed by atoms with Crippen molar-refractivity contribution >= 4 is 6.08 Å². The summed E-state index contributed by atoms with van der Waals surface area (Å²) < 4.78 is 5.03. The number of rotatable bonds is 2. The van der Waals surface area contributed by atoms with Crippen LogP contribution < -0.4 is 0 Å². The molecule has 0 spiro atoms. The summed E-state index contributed by atoms with van der Waals surface area (Å²) in [4.78, 5) is 0. The first kappa shape index (κ1) is 6.14. The minimum absolute atomic E-state index is 0.896. The van der Waals surface area contributed by atoms with Crippen molar-refractivity contribution in [1.29, 1.82) is 0 Å². The summed E-state index contributed by atoms with van der Waals surface area (Å²) in [6, 6.07) is 3.79. The molecule has 0 aliphatic heterocycles. The topological polar surface area (TPSA) is 13.1 Å². The van der Waals surface area contributed by atoms with E-state index in [1.165, 1.54) is 0 Å². The Hall–Kier alpha value is -0.980. The van der Waals surface area contributed by atoms with E-state index >= 15 is 0 Å². The zero-order valence-electron chi connectivity index (χ0n) is 5.37. The van der Waals surface area contributed by atoms with E-state index in [0.717, 1.165) is 5.76 Å². The molecule has 1 aromatic heterocycles. The van der Waals surface area contributed by atoms with Crippen LogP contribution in [0.25, 0.3) is 6.08 Å². The lowest BCUT2D eigenvalue weighted by Gasteiger charge is -1.79. The molecule has 0 aromatic carbocycles. The molecule has 1 heterocycles. The first-order valence-corrected chi connectivity index (χ1v) is 2.93. The average Bonchev–Trinajstić information content (AvgIpc) is 2.34. The maximum Gasteiger partial charge on any atom is 0.126 e. The van der Waals surface area contributed by atoms with E-state index in [2.05, 4.69) is 0 Å². The van der Waals surface area contributed by atoms with Crippen molar-refractivity contribution in [1.82, 2.24) is 0 Å². The molecule has 9 heavy (non-hydrogen) atoms. The Morgan fingerprint density at radius 3 is 3.00 bits per heavy atom. The molecule has 1 radical (unpaired) electrons. The lowest BCUT2D eigenvalue weighted by atomic mass is 10.3. The van der Waals surface area contributed by atoms with Crippen LogP contribution in [0.5, 0.6) is 0 Å². The minimum Gasteiger partial charge on any atom is -0.465 e. The molecule has 0 N–H and O–H groups in total. The molecule has 1 nitrogen and oxygen atoms in total. The molecule has 0 saturated carbocycles. The van der Waals surface area contributed by atoms with E-state index in [-0.39, 0.29) is 0 Å². The Labute approximate surface area is 55.0 Å². The molecule has 0 unspecified atom stereocenters. The highest BCUT2D eigenvalue weighted by molar-refractivity contribution is 5.43. The molecular weight excluding hydrogens is 112 g/mol. The summed E-state index contributed by atoms with van der Waals surface area (Å²) in [5, 5.41) is 0. The van der Waals surface area contributed by atoms with Gasteiger partial charge < -0.3 is 4.42 Å². The van der Waals surface area contributed by atoms with Crippen LogP contribution in [-0.4, -0.2) is 0 Å². The summed E-state index contributed by atoms with van der Waals surface area (Å²) in [5.74, 6) is 0.896. The molecule has 1 aromatic rings. The highest BCUT2D eigenvalue weighted by Crippen LogP contribution is 2.01. The average molecular weight is 121 g/mol. The van der Waals surface area contributed by atoms with E-state index in [1.807, 2.05) is 37.6 Å². The zero-order valence-corrected chi connectivity index (χ0v) is 5.37. The van der Waals surface area contributed by atoms with Gasteiger partial charge in [0.05, 0.1) is 6.26 Å². The van der Waals surface area contributed by atoms with Crippen LogP contribution in [0.2, 0.25) is 0 Å². The van der Waals surface area contributed by atoms with Gasteiger partial charge in [-0.1, -0.05) is 13.0 Å². The predicted octanol–water partition coefficient (Wildman–Crippen LogP) is 2.52. The Morgan fingerprint density at radius 1 is 1.56 bits per heavy atom. The quantitative estimate of drug-likeness (QED) is 0.586. The van der Waals surface area contributed by atoms with Gasteiger partial charge in [0.15, 0.2) is 0 Å². The van der Waals surface area contributed by atoms with Gasteiger partial charge in [0.1, 0.15) is 5.76 Å². The molecular formula is C8H9O. The molecule has 0 amide bonds. The number of furan rings is 1. The molecule has 0 bridgehead atoms. The van der Waals surface area contributed by atoms with Gasteiger partial charge in [0.25, 0.3) is 0 Å². The second kappa shape index (κ2) is 3.13. The predicted molar refractivity (Wildman–Crippen MR) is 37.7 cm³/mol. The fourth-order valence-corrected chi connectivity index (χ4v) is 0.577. The number of hydrogen-bond acceptors (Lipinski definition) is 1. The van der Waals surface area contributed by atoms with Gasteiger partial charge in [0.2, 0.25) is 0 Å². The normalized spacial score (nSPS) is 10.8. The van der Waals surface area contributed by atoms with Crippen LogP contribution in [0.1, 0.15) is 12.7 Å². The van der Waals surface area contributed by atoms with Crippen LogP contribution in [0.4, 0.5) is 0 Å². The summed E-state index contributed by atoms with van der Waals surface area (Å²) in [6.07, 6.45) is 7.48. The number of allylic oxidation sites excluding steroid dienone is 1. The van der Waals surface area contributed by atoms with Gasteiger partial charge in [-0.3, -0.25) is 0 Å². The van der Waals surface area contributed by atoms with E-state index in [1.54, 1.807) is 6.26 Å². The second-order valence-corrected chi connectivity index (χ2v) is 1.71. The molecule has 0 aliphatic carbocycles. The SMILES string of the molecule is C[CH]C=Cc1ccco1. The second-order valence-electron chi connectivity index (χ2n) is 1.71. The highest BCUT2D eigenvalue weighted by Gasteiger charge is 1.83. The van der Waals surface area contributed by atoms with Crippen molar-refractivity contribution in [3.8, 4) is 0 Å². The van der Waals surface area contributed by atoms with Gasteiger partial charge in [-0.15, -0.1) is 0 Å². The molecule has 0 saturated heterocycles. The van der Waals surface area contributed by atoms with Crippen LogP contribution >= 0.6 is 0 Å². The summed E-state index contributed by atoms with van der Waals surface area (Å²) in [7, 11) is 0. The highest BCUT2D eigenvalue weighted by atomic mass is 16.3. The smallest absolute Gasteiger partial charge is 0.126 e. The van der Waals surface area contributed by atoms with Gasteiger partial charge in [-0.05, 0) is 24.6 Å². The van der Waals surface area contributed by atoms with E-state index in [0.29, 0.717) is 0 Å². The van der Waals surface area contributed by atoms with Gasteiger partial charge in [0, 0.05) is 0 Å². The molecule has 0 fully saturated rings. The van der Waals surface area contributed by atoms with Crippen molar-refractivity contribution < 1.29 is 4.42 Å². The lowest BCUT2D eigenvalue weighted by molar-refractivity contribution is 0.557. The van der Waals surface area contributed by atoms with Gasteiger partial charge in [-0.2, -0.15) is 0 Å². The Balaban J connectivity index is 2.57. The fraction of sp³-hybridized carbons (Fsp3) is 0.125. The van der Waals surface area contributed by atoms with Crippen LogP contribution in [-0.2, 0) is 0 Å². The molecule has 1 rings (SSSR count). The van der Waals surface area contributed by atoms with Gasteiger partial charge in [-0.25, -0.2) is 0 Å². The van der Waals surface area contributed by atoms with Crippen molar-refractivity contribution in [2.75, 3.05) is 0 Å². The maximum absolute atomic E-state index is 5.03. The minimum atomic E-state index is 0.896. The maximum atomic E-state index is 5.03. The lowest BCUT2D eigenvalue weighted by Crippen LogP contribution is -1.58. The Morgan fingerprint density at radius 2 is 2.44 bits per heavy atom. The van der Waals surface area contributed by atoms with Crippen molar-refractivity contribution in [3.63, 3.8) is 0 Å². The monoisotopic (exact) mass is 121 g/mol. The Bertz CT molecular complexity index is 172. The van der Waals surface area contributed by atoms with E-state index in [9.17, 15) is 0 Å². The van der Waals surface area contributed by atoms with E-state index in [4.69, 9.17) is 4.42 Å². The molecule has 0 aliphatic rings. The van der Waals surface area contributed by atoms with Crippen LogP contribution in [0.15, 0.2) is 28.9 Å². The summed E-state index contributed by atoms with van der Waals surface area (Å²) >= 11 is 0. The first-order chi connectivity index (χ1) is 4.43. The summed E-state index contributed by atoms with van der Waals surface area (Å²) in [6.45, 7) is 1.97. The fourth-order valence-electron chi connectivity index (χ4n) is 0.577. The van der Waals surface area contributed by atoms with Crippen molar-refractivity contribution in [3.05, 3.63) is 36.7 Å². The third-order valence-electron chi connectivity index (χ3n) is 0.996. The zero-order chi connectivity index (χ0) is 6.53. The van der Waals surface area contributed by atoms with Crippen molar-refractivity contribution in [2.24, 2.45) is 0 Å². The first-order valence-electron chi connectivity index (χ1n) is 2.93. The summed E-state index contributed by atoms with van der Waals surface area (Å²) in [5.41, 5.74) is 0. The van der Waals surface area contributed by atoms with Crippen LogP contribution in [0.3, 0.4) is 0 Å². The third kappa shape index (κ3) is 1.76. The van der Waals surface area contributed by atoms with Crippen molar-refractivity contribution in [2.45, 2.75) is 6.92 Å². The largest absolute Gasteiger partial charge is 0.465 e. The standard InChI is InChI=1S/C8H9O/c1-2-3-5-8-6-4-7-9-8/h2-7H,1H3.